The quantitative estimate of drug-likeness (QED) is 0.791. The molecule has 2 aromatic carbocycles. The van der Waals surface area contributed by atoms with E-state index >= 15 is 0 Å². The van der Waals surface area contributed by atoms with Crippen molar-refractivity contribution in [2.24, 2.45) is 0 Å². The lowest BCUT2D eigenvalue weighted by atomic mass is 10.2. The summed E-state index contributed by atoms with van der Waals surface area (Å²) in [5.41, 5.74) is 1.01. The molecule has 0 spiro atoms. The fourth-order valence-electron chi connectivity index (χ4n) is 2.51. The Morgan fingerprint density at radius 3 is 2.73 bits per heavy atom. The first kappa shape index (κ1) is 17.8. The van der Waals surface area contributed by atoms with Crippen molar-refractivity contribution in [2.45, 2.75) is 0 Å². The van der Waals surface area contributed by atoms with E-state index in [0.29, 0.717) is 0 Å². The number of nitrogens with one attached hydrogen (secondary N) is 1. The minimum Gasteiger partial charge on any atom is -0.470 e. The van der Waals surface area contributed by atoms with Crippen LogP contribution in [-0.4, -0.2) is 19.8 Å². The van der Waals surface area contributed by atoms with E-state index in [1.165, 1.54) is 24.1 Å². The number of anilines is 2. The van der Waals surface area contributed by atoms with Crippen LogP contribution in [0, 0.1) is 5.82 Å². The smallest absolute Gasteiger partial charge is 0.358 e. The molecular formula is C19H16ClFN2O3. The molecule has 0 saturated carbocycles. The van der Waals surface area contributed by atoms with Crippen LogP contribution < -0.4 is 10.2 Å². The Bertz CT molecular complexity index is 848. The normalized spacial score (nSPS) is 13.9. The van der Waals surface area contributed by atoms with Crippen LogP contribution in [0.4, 0.5) is 15.8 Å². The summed E-state index contributed by atoms with van der Waals surface area (Å²) in [6.45, 7) is -0.0594. The van der Waals surface area contributed by atoms with Gasteiger partial charge < -0.3 is 14.8 Å². The zero-order valence-electron chi connectivity index (χ0n) is 13.9. The molecule has 7 heteroatoms. The van der Waals surface area contributed by atoms with Crippen molar-refractivity contribution < 1.29 is 18.7 Å². The van der Waals surface area contributed by atoms with Crippen molar-refractivity contribution in [3.05, 3.63) is 83.1 Å². The maximum atomic E-state index is 14.3. The molecule has 5 nitrogen and oxygen atoms in total. The summed E-state index contributed by atoms with van der Waals surface area (Å²) in [6.07, 6.45) is 3.20. The maximum Gasteiger partial charge on any atom is 0.358 e. The van der Waals surface area contributed by atoms with Gasteiger partial charge in [-0.3, -0.25) is 4.90 Å². The van der Waals surface area contributed by atoms with Crippen LogP contribution in [0.1, 0.15) is 0 Å². The fraction of sp³-hybridized carbons (Fsp3) is 0.105. The molecule has 1 aliphatic rings. The molecule has 0 aromatic heterocycles. The van der Waals surface area contributed by atoms with Gasteiger partial charge in [0.1, 0.15) is 5.82 Å². The van der Waals surface area contributed by atoms with Crippen molar-refractivity contribution in [3.8, 4) is 0 Å². The summed E-state index contributed by atoms with van der Waals surface area (Å²) in [7, 11) is 1.25. The minimum atomic E-state index is -0.652. The van der Waals surface area contributed by atoms with E-state index in [0.717, 1.165) is 5.69 Å². The Kier molecular flexibility index (Phi) is 5.43. The maximum absolute atomic E-state index is 14.3. The summed E-state index contributed by atoms with van der Waals surface area (Å²) < 4.78 is 24.6. The number of carbonyl (C=O) groups is 1. The van der Waals surface area contributed by atoms with Gasteiger partial charge in [-0.15, -0.1) is 0 Å². The predicted molar refractivity (Wildman–Crippen MR) is 98.1 cm³/mol. The molecule has 0 saturated heterocycles. The summed E-state index contributed by atoms with van der Waals surface area (Å²) >= 11 is 6.11. The molecule has 0 unspecified atom stereocenters. The Morgan fingerprint density at radius 2 is 2.04 bits per heavy atom. The molecule has 2 aromatic rings. The number of carbonyl (C=O) groups excluding carboxylic acids is 1. The highest BCUT2D eigenvalue weighted by atomic mass is 35.5. The van der Waals surface area contributed by atoms with E-state index in [4.69, 9.17) is 21.1 Å². The van der Waals surface area contributed by atoms with Crippen LogP contribution >= 0.6 is 11.6 Å². The highest BCUT2D eigenvalue weighted by Gasteiger charge is 2.33. The number of para-hydroxylation sites is 2. The van der Waals surface area contributed by atoms with Crippen LogP contribution in [0.25, 0.3) is 0 Å². The SMILES string of the molecule is COC(=O)C1=C(C=CNc2ccccc2)OCN1c1c(F)cccc1Cl. The lowest BCUT2D eigenvalue weighted by molar-refractivity contribution is -0.136. The molecule has 0 fully saturated rings. The number of hydrogen-bond donors (Lipinski definition) is 1. The number of methoxy groups -OCH3 is 1. The fourth-order valence-corrected chi connectivity index (χ4v) is 2.77. The van der Waals surface area contributed by atoms with Crippen LogP contribution in [0.5, 0.6) is 0 Å². The second-order valence-corrected chi connectivity index (χ2v) is 5.73. The molecule has 0 aliphatic carbocycles. The lowest BCUT2D eigenvalue weighted by Gasteiger charge is -2.20. The van der Waals surface area contributed by atoms with Gasteiger partial charge in [-0.05, 0) is 30.3 Å². The van der Waals surface area contributed by atoms with E-state index in [-0.39, 0.29) is 28.9 Å². The molecule has 0 amide bonds. The number of benzene rings is 2. The topological polar surface area (TPSA) is 50.8 Å². The summed E-state index contributed by atoms with van der Waals surface area (Å²) in [5, 5.41) is 3.23. The largest absolute Gasteiger partial charge is 0.470 e. The van der Waals surface area contributed by atoms with E-state index in [1.54, 1.807) is 18.3 Å². The van der Waals surface area contributed by atoms with Crippen LogP contribution in [-0.2, 0) is 14.3 Å². The zero-order valence-corrected chi connectivity index (χ0v) is 14.7. The van der Waals surface area contributed by atoms with E-state index < -0.39 is 11.8 Å². The Morgan fingerprint density at radius 1 is 1.27 bits per heavy atom. The van der Waals surface area contributed by atoms with Crippen molar-refractivity contribution in [3.63, 3.8) is 0 Å². The number of nitrogens with zero attached hydrogens (tertiary/aromatic N) is 1. The van der Waals surface area contributed by atoms with Gasteiger partial charge in [0.25, 0.3) is 0 Å². The van der Waals surface area contributed by atoms with Gasteiger partial charge in [-0.2, -0.15) is 0 Å². The molecule has 1 heterocycles. The van der Waals surface area contributed by atoms with Crippen molar-refractivity contribution in [1.29, 1.82) is 0 Å². The first-order valence-electron chi connectivity index (χ1n) is 7.77. The third-order valence-corrected chi connectivity index (χ3v) is 4.00. The summed E-state index contributed by atoms with van der Waals surface area (Å²) in [5.74, 6) is -0.962. The number of ether oxygens (including phenoxy) is 2. The molecule has 1 N–H and O–H groups in total. The molecular weight excluding hydrogens is 359 g/mol. The third-order valence-electron chi connectivity index (χ3n) is 3.70. The highest BCUT2D eigenvalue weighted by Crippen LogP contribution is 2.35. The second kappa shape index (κ2) is 7.93. The molecule has 0 bridgehead atoms. The summed E-state index contributed by atoms with van der Waals surface area (Å²) in [4.78, 5) is 13.6. The number of halogens is 2. The minimum absolute atomic E-state index is 0.0594. The average Bonchev–Trinajstić information content (AvgIpc) is 3.05. The van der Waals surface area contributed by atoms with Crippen molar-refractivity contribution >= 4 is 28.9 Å². The van der Waals surface area contributed by atoms with Crippen LogP contribution in [0.15, 0.2) is 72.3 Å². The average molecular weight is 375 g/mol. The van der Waals surface area contributed by atoms with Gasteiger partial charge in [0.05, 0.1) is 17.8 Å². The Balaban J connectivity index is 1.92. The van der Waals surface area contributed by atoms with Gasteiger partial charge in [0.2, 0.25) is 0 Å². The predicted octanol–water partition coefficient (Wildman–Crippen LogP) is 4.28. The molecule has 26 heavy (non-hydrogen) atoms. The van der Waals surface area contributed by atoms with Gasteiger partial charge in [0.15, 0.2) is 18.2 Å². The summed E-state index contributed by atoms with van der Waals surface area (Å²) in [6, 6.07) is 13.8. The Hall–Kier alpha value is -2.99. The standard InChI is InChI=1S/C19H16ClFN2O3/c1-25-19(24)18-16(10-11-22-13-6-3-2-4-7-13)26-12-23(18)17-14(20)8-5-9-15(17)21/h2-11,22H,12H2,1H3. The lowest BCUT2D eigenvalue weighted by Crippen LogP contribution is -2.26. The van der Waals surface area contributed by atoms with Gasteiger partial charge in [0, 0.05) is 11.9 Å². The van der Waals surface area contributed by atoms with Crippen molar-refractivity contribution in [2.75, 3.05) is 24.1 Å². The third kappa shape index (κ3) is 3.65. The van der Waals surface area contributed by atoms with E-state index in [2.05, 4.69) is 5.32 Å². The first-order valence-corrected chi connectivity index (χ1v) is 8.14. The van der Waals surface area contributed by atoms with Gasteiger partial charge >= 0.3 is 5.97 Å². The van der Waals surface area contributed by atoms with Crippen molar-refractivity contribution in [1.82, 2.24) is 0 Å². The molecule has 134 valence electrons. The highest BCUT2D eigenvalue weighted by molar-refractivity contribution is 6.33. The van der Waals surface area contributed by atoms with E-state index in [9.17, 15) is 9.18 Å². The monoisotopic (exact) mass is 374 g/mol. The first-order chi connectivity index (χ1) is 12.6. The number of allylic oxidation sites excluding steroid dienone is 1. The second-order valence-electron chi connectivity index (χ2n) is 5.32. The number of esters is 1. The van der Waals surface area contributed by atoms with E-state index in [1.807, 2.05) is 30.3 Å². The van der Waals surface area contributed by atoms with Crippen LogP contribution in [0.3, 0.4) is 0 Å². The molecule has 1 aliphatic heterocycles. The molecule has 0 atom stereocenters. The van der Waals surface area contributed by atoms with Crippen LogP contribution in [0.2, 0.25) is 5.02 Å². The number of rotatable bonds is 5. The zero-order chi connectivity index (χ0) is 18.5. The Labute approximate surface area is 155 Å². The number of hydrogen-bond acceptors (Lipinski definition) is 5. The van der Waals surface area contributed by atoms with Gasteiger partial charge in [-0.25, -0.2) is 9.18 Å². The molecule has 0 radical (unpaired) electrons. The van der Waals surface area contributed by atoms with Gasteiger partial charge in [-0.1, -0.05) is 35.9 Å². The molecule has 3 rings (SSSR count).